The van der Waals surface area contributed by atoms with E-state index in [4.69, 9.17) is 17.3 Å². The monoisotopic (exact) mass is 724 g/mol. The first-order valence-corrected chi connectivity index (χ1v) is 17.4. The largest absolute Gasteiger partial charge is 0.399 e. The van der Waals surface area contributed by atoms with E-state index in [2.05, 4.69) is 63.1 Å². The van der Waals surface area contributed by atoms with Crippen LogP contribution in [0.25, 0.3) is 11.3 Å². The van der Waals surface area contributed by atoms with Crippen molar-refractivity contribution in [3.63, 3.8) is 0 Å². The third kappa shape index (κ3) is 9.09. The number of benzene rings is 2. The van der Waals surface area contributed by atoms with E-state index in [9.17, 15) is 20.2 Å². The van der Waals surface area contributed by atoms with Crippen molar-refractivity contribution in [1.29, 1.82) is 0 Å². The van der Waals surface area contributed by atoms with Crippen molar-refractivity contribution in [2.24, 2.45) is 0 Å². The molecule has 256 valence electrons. The van der Waals surface area contributed by atoms with Crippen LogP contribution in [0.1, 0.15) is 50.7 Å². The minimum Gasteiger partial charge on any atom is -0.399 e. The molecule has 0 bridgehead atoms. The first-order chi connectivity index (χ1) is 23.3. The highest BCUT2D eigenvalue weighted by Crippen LogP contribution is 2.26. The summed E-state index contributed by atoms with van der Waals surface area (Å²) in [7, 11) is 0. The fraction of sp³-hybridized carbons (Fsp3) is 0.267. The fourth-order valence-electron chi connectivity index (χ4n) is 4.26. The molecular weight excluding hydrogens is 692 g/mol. The van der Waals surface area contributed by atoms with Crippen LogP contribution >= 0.6 is 35.1 Å². The number of nitro groups is 2. The van der Waals surface area contributed by atoms with E-state index >= 15 is 0 Å². The molecule has 0 saturated heterocycles. The second-order valence-corrected chi connectivity index (χ2v) is 12.7. The molecule has 0 radical (unpaired) electrons. The Morgan fingerprint density at radius 3 is 1.80 bits per heavy atom. The maximum absolute atomic E-state index is 10.9. The second-order valence-electron chi connectivity index (χ2n) is 10.8. The smallest absolute Gasteiger partial charge is 0.271 e. The molecule has 0 aliphatic rings. The van der Waals surface area contributed by atoms with Crippen molar-refractivity contribution in [1.82, 2.24) is 39.2 Å². The number of rotatable bonds is 8. The highest BCUT2D eigenvalue weighted by Gasteiger charge is 2.16. The molecule has 0 amide bonds. The van der Waals surface area contributed by atoms with Crippen molar-refractivity contribution < 1.29 is 9.85 Å². The number of anilines is 3. The van der Waals surface area contributed by atoms with Gasteiger partial charge in [0, 0.05) is 46.8 Å². The van der Waals surface area contributed by atoms with Gasteiger partial charge in [-0.2, -0.15) is 29.2 Å². The predicted molar refractivity (Wildman–Crippen MR) is 192 cm³/mol. The summed E-state index contributed by atoms with van der Waals surface area (Å²) in [4.78, 5) is 37.6. The molecule has 0 atom stereocenters. The summed E-state index contributed by atoms with van der Waals surface area (Å²) >= 11 is 8.90. The molecule has 0 aliphatic heterocycles. The van der Waals surface area contributed by atoms with Crippen LogP contribution in [0.5, 0.6) is 0 Å². The summed E-state index contributed by atoms with van der Waals surface area (Å²) < 4.78 is 3.19. The molecule has 2 aromatic carbocycles. The lowest BCUT2D eigenvalue weighted by Crippen LogP contribution is -2.06. The molecule has 4 aromatic heterocycles. The highest BCUT2D eigenvalue weighted by molar-refractivity contribution is 7.98. The number of aromatic nitrogens is 8. The zero-order chi connectivity index (χ0) is 35.8. The van der Waals surface area contributed by atoms with E-state index in [0.29, 0.717) is 38.8 Å². The Balaban J connectivity index is 0.000000184. The maximum atomic E-state index is 10.9. The molecule has 49 heavy (non-hydrogen) atoms. The average Bonchev–Trinajstić information content (AvgIpc) is 3.71. The Morgan fingerprint density at radius 1 is 0.776 bits per heavy atom. The highest BCUT2D eigenvalue weighted by atomic mass is 35.5. The number of hydrogen-bond acceptors (Lipinski definition) is 14. The van der Waals surface area contributed by atoms with Crippen molar-refractivity contribution in [3.8, 4) is 0 Å². The average molecular weight is 725 g/mol. The predicted octanol–water partition coefficient (Wildman–Crippen LogP) is 7.42. The molecule has 0 fully saturated rings. The van der Waals surface area contributed by atoms with Gasteiger partial charge in [-0.1, -0.05) is 63.4 Å². The van der Waals surface area contributed by atoms with E-state index in [0.717, 1.165) is 22.4 Å². The summed E-state index contributed by atoms with van der Waals surface area (Å²) in [5, 5.41) is 34.3. The quantitative estimate of drug-likeness (QED) is 0.0677. The number of nitrogen functional groups attached to an aromatic ring is 1. The zero-order valence-corrected chi connectivity index (χ0v) is 29.7. The summed E-state index contributed by atoms with van der Waals surface area (Å²) in [6.45, 7) is 8.36. The minimum absolute atomic E-state index is 0.0127. The first kappa shape index (κ1) is 36.8. The summed E-state index contributed by atoms with van der Waals surface area (Å²) in [5.74, 6) is 1.12. The van der Waals surface area contributed by atoms with E-state index in [1.54, 1.807) is 45.7 Å². The number of fused-ring (bicyclic) bond motifs is 2. The third-order valence-corrected chi connectivity index (χ3v) is 8.05. The Morgan fingerprint density at radius 2 is 1.29 bits per heavy atom. The molecule has 16 nitrogen and oxygen atoms in total. The van der Waals surface area contributed by atoms with E-state index in [1.807, 2.05) is 12.5 Å². The number of halogens is 1. The van der Waals surface area contributed by atoms with Gasteiger partial charge in [0.25, 0.3) is 11.4 Å². The van der Waals surface area contributed by atoms with Crippen LogP contribution < -0.4 is 11.1 Å². The molecular formula is C30H33ClN12O4S2. The van der Waals surface area contributed by atoms with Crippen LogP contribution in [0.3, 0.4) is 0 Å². The second kappa shape index (κ2) is 16.4. The van der Waals surface area contributed by atoms with Crippen molar-refractivity contribution in [2.75, 3.05) is 23.6 Å². The molecule has 4 heterocycles. The molecule has 6 rings (SSSR count). The number of hydrogen-bond donors (Lipinski definition) is 2. The Bertz CT molecular complexity index is 2100. The number of nitrogens with two attached hydrogens (primary N) is 1. The first-order valence-electron chi connectivity index (χ1n) is 14.6. The van der Waals surface area contributed by atoms with Crippen LogP contribution in [0.2, 0.25) is 5.28 Å². The van der Waals surface area contributed by atoms with Gasteiger partial charge in [0.05, 0.1) is 22.2 Å². The number of nitrogens with one attached hydrogen (secondary N) is 1. The Hall–Kier alpha value is -5.07. The van der Waals surface area contributed by atoms with Crippen LogP contribution in [-0.2, 0) is 0 Å². The fourth-order valence-corrected chi connectivity index (χ4v) is 5.23. The summed E-state index contributed by atoms with van der Waals surface area (Å²) in [5.41, 5.74) is 9.96. The maximum Gasteiger partial charge on any atom is 0.271 e. The number of non-ortho nitro benzene ring substituents is 2. The topological polar surface area (TPSA) is 210 Å². The lowest BCUT2D eigenvalue weighted by molar-refractivity contribution is -0.385. The molecule has 0 spiro atoms. The SMILES string of the molecule is CSc1nc(Cl)n2ncc(C(C)C)c2n1.CSc1nc(Nc2cccc([N+](=O)[O-])c2)n2ncc(C(C)C)c2n1.Nc1cccc([N+](=O)[O-])c1. The molecule has 19 heteroatoms. The number of nitro benzene ring substituents is 2. The Labute approximate surface area is 294 Å². The summed E-state index contributed by atoms with van der Waals surface area (Å²) in [6, 6.07) is 12.1. The van der Waals surface area contributed by atoms with Gasteiger partial charge < -0.3 is 11.1 Å². The van der Waals surface area contributed by atoms with Crippen LogP contribution in [0.15, 0.2) is 71.2 Å². The minimum atomic E-state index is -0.476. The van der Waals surface area contributed by atoms with Gasteiger partial charge in [-0.15, -0.1) is 0 Å². The zero-order valence-electron chi connectivity index (χ0n) is 27.3. The van der Waals surface area contributed by atoms with Gasteiger partial charge in [-0.3, -0.25) is 20.2 Å². The standard InChI is InChI=1S/C15H16N6O2S.C9H11ClN4S.C6H6N2O2/c1-9(2)12-8-16-20-13(12)18-15(24-3)19-14(20)17-10-5-4-6-11(7-10)21(22)23;1-5(2)6-4-11-14-7(6)12-9(15-3)13-8(14)10;7-5-2-1-3-6(4-5)8(9)10/h4-9H,1-3H3,(H,17,18,19);4-5H,1-3H3;1-4H,7H2. The number of nitrogens with zero attached hydrogens (tertiary/aromatic N) is 10. The van der Waals surface area contributed by atoms with E-state index in [-0.39, 0.29) is 17.3 Å². The van der Waals surface area contributed by atoms with Crippen LogP contribution in [0, 0.1) is 20.2 Å². The van der Waals surface area contributed by atoms with Crippen LogP contribution in [0.4, 0.5) is 28.7 Å². The van der Waals surface area contributed by atoms with Crippen molar-refractivity contribution in [3.05, 3.63) is 97.6 Å². The van der Waals surface area contributed by atoms with Crippen LogP contribution in [-0.4, -0.2) is 61.5 Å². The van der Waals surface area contributed by atoms with Gasteiger partial charge in [0.15, 0.2) is 21.6 Å². The summed E-state index contributed by atoms with van der Waals surface area (Å²) in [6.07, 6.45) is 7.39. The van der Waals surface area contributed by atoms with Gasteiger partial charge in [-0.05, 0) is 48.1 Å². The van der Waals surface area contributed by atoms with Crippen molar-refractivity contribution >= 4 is 75.1 Å². The lowest BCUT2D eigenvalue weighted by Gasteiger charge is -2.09. The van der Waals surface area contributed by atoms with Gasteiger partial charge in [-0.25, -0.2) is 9.97 Å². The normalized spacial score (nSPS) is 10.9. The molecule has 0 aliphatic carbocycles. The molecule has 3 N–H and O–H groups in total. The molecule has 0 unspecified atom stereocenters. The van der Waals surface area contributed by atoms with E-state index < -0.39 is 9.85 Å². The van der Waals surface area contributed by atoms with Gasteiger partial charge >= 0.3 is 0 Å². The Kier molecular flexibility index (Phi) is 12.3. The molecule has 6 aromatic rings. The van der Waals surface area contributed by atoms with Crippen molar-refractivity contribution in [2.45, 2.75) is 49.8 Å². The third-order valence-electron chi connectivity index (χ3n) is 6.71. The lowest BCUT2D eigenvalue weighted by atomic mass is 10.1. The number of thioether (sulfide) groups is 2. The van der Waals surface area contributed by atoms with E-state index in [1.165, 1.54) is 47.8 Å². The van der Waals surface area contributed by atoms with Gasteiger partial charge in [0.2, 0.25) is 11.2 Å². The molecule has 0 saturated carbocycles. The van der Waals surface area contributed by atoms with Gasteiger partial charge in [0.1, 0.15) is 0 Å².